The summed E-state index contributed by atoms with van der Waals surface area (Å²) >= 11 is 12.1. The Labute approximate surface area is 188 Å². The van der Waals surface area contributed by atoms with Crippen molar-refractivity contribution in [2.75, 3.05) is 19.5 Å². The van der Waals surface area contributed by atoms with Crippen LogP contribution in [0.1, 0.15) is 10.4 Å². The molecule has 2 aromatic carbocycles. The second-order valence-corrected chi connectivity index (χ2v) is 6.80. The summed E-state index contributed by atoms with van der Waals surface area (Å²) in [4.78, 5) is 28.9. The van der Waals surface area contributed by atoms with Crippen molar-refractivity contribution in [1.29, 1.82) is 0 Å². The van der Waals surface area contributed by atoms with Gasteiger partial charge in [-0.2, -0.15) is 0 Å². The van der Waals surface area contributed by atoms with Gasteiger partial charge in [0, 0.05) is 6.07 Å². The Kier molecular flexibility index (Phi) is 7.17. The van der Waals surface area contributed by atoms with E-state index in [0.717, 1.165) is 0 Å². The van der Waals surface area contributed by atoms with Crippen LogP contribution in [0.5, 0.6) is 23.1 Å². The maximum absolute atomic E-state index is 12.5. The average molecular weight is 462 g/mol. The van der Waals surface area contributed by atoms with Crippen molar-refractivity contribution in [2.24, 2.45) is 0 Å². The third-order valence-electron chi connectivity index (χ3n) is 4.00. The minimum Gasteiger partial charge on any atom is -0.496 e. The largest absolute Gasteiger partial charge is 0.496 e. The van der Waals surface area contributed by atoms with Crippen LogP contribution < -0.4 is 24.8 Å². The summed E-state index contributed by atoms with van der Waals surface area (Å²) in [5, 5.41) is 5.40. The number of rotatable bonds is 6. The van der Waals surface area contributed by atoms with Gasteiger partial charge >= 0.3 is 6.03 Å². The molecule has 0 fully saturated rings. The van der Waals surface area contributed by atoms with E-state index in [9.17, 15) is 9.59 Å². The molecule has 10 heteroatoms. The summed E-state index contributed by atoms with van der Waals surface area (Å²) in [7, 11) is 2.83. The number of ether oxygens (including phenoxy) is 3. The van der Waals surface area contributed by atoms with E-state index in [2.05, 4.69) is 15.6 Å². The molecule has 3 rings (SSSR count). The molecule has 0 saturated carbocycles. The fourth-order valence-electron chi connectivity index (χ4n) is 2.60. The number of urea groups is 1. The summed E-state index contributed by atoms with van der Waals surface area (Å²) in [6.07, 6.45) is 1.35. The van der Waals surface area contributed by atoms with Gasteiger partial charge < -0.3 is 19.5 Å². The maximum Gasteiger partial charge on any atom is 0.326 e. The lowest BCUT2D eigenvalue weighted by Crippen LogP contribution is -2.34. The summed E-state index contributed by atoms with van der Waals surface area (Å²) in [6.45, 7) is 0. The number of carbonyl (C=O) groups is 2. The number of para-hydroxylation sites is 1. The van der Waals surface area contributed by atoms with Gasteiger partial charge in [-0.3, -0.25) is 10.1 Å². The summed E-state index contributed by atoms with van der Waals surface area (Å²) < 4.78 is 15.9. The number of aromatic nitrogens is 1. The van der Waals surface area contributed by atoms with E-state index < -0.39 is 11.9 Å². The van der Waals surface area contributed by atoms with Gasteiger partial charge in [-0.05, 0) is 30.3 Å². The normalized spacial score (nSPS) is 10.2. The lowest BCUT2D eigenvalue weighted by atomic mass is 10.1. The molecule has 3 amide bonds. The number of amides is 3. The van der Waals surface area contributed by atoms with Crippen LogP contribution in [0.4, 0.5) is 10.5 Å². The fraction of sp³-hybridized carbons (Fsp3) is 0.0952. The molecule has 0 aliphatic heterocycles. The van der Waals surface area contributed by atoms with E-state index in [-0.39, 0.29) is 28.7 Å². The van der Waals surface area contributed by atoms with Crippen molar-refractivity contribution in [3.05, 3.63) is 70.3 Å². The maximum atomic E-state index is 12.5. The van der Waals surface area contributed by atoms with Gasteiger partial charge in [0.2, 0.25) is 5.88 Å². The minimum atomic E-state index is -0.762. The predicted molar refractivity (Wildman–Crippen MR) is 117 cm³/mol. The Bertz CT molecular complexity index is 1060. The van der Waals surface area contributed by atoms with Crippen LogP contribution in [-0.4, -0.2) is 31.1 Å². The van der Waals surface area contributed by atoms with E-state index >= 15 is 0 Å². The number of methoxy groups -OCH3 is 2. The third-order valence-corrected chi connectivity index (χ3v) is 4.60. The van der Waals surface area contributed by atoms with Crippen molar-refractivity contribution >= 4 is 40.8 Å². The van der Waals surface area contributed by atoms with Gasteiger partial charge in [-0.25, -0.2) is 9.78 Å². The molecule has 3 aromatic rings. The summed E-state index contributed by atoms with van der Waals surface area (Å²) in [5.74, 6) is 0.342. The lowest BCUT2D eigenvalue weighted by Gasteiger charge is -2.13. The van der Waals surface area contributed by atoms with E-state index in [4.69, 9.17) is 37.4 Å². The Morgan fingerprint density at radius 2 is 1.52 bits per heavy atom. The Balaban J connectivity index is 1.66. The monoisotopic (exact) mass is 461 g/mol. The first-order valence-electron chi connectivity index (χ1n) is 8.84. The first kappa shape index (κ1) is 22.2. The first-order valence-corrected chi connectivity index (χ1v) is 9.59. The highest BCUT2D eigenvalue weighted by Gasteiger charge is 2.20. The molecule has 8 nitrogen and oxygen atoms in total. The van der Waals surface area contributed by atoms with Gasteiger partial charge in [-0.15, -0.1) is 0 Å². The molecule has 0 unspecified atom stereocenters. The van der Waals surface area contributed by atoms with Gasteiger partial charge in [0.15, 0.2) is 5.75 Å². The van der Waals surface area contributed by atoms with Crippen molar-refractivity contribution in [3.63, 3.8) is 0 Å². The van der Waals surface area contributed by atoms with E-state index in [1.165, 1.54) is 26.5 Å². The molecular formula is C21H17Cl2N3O5. The number of imide groups is 1. The number of pyridine rings is 1. The fourth-order valence-corrected chi connectivity index (χ4v) is 3.08. The molecule has 0 spiro atoms. The van der Waals surface area contributed by atoms with Crippen molar-refractivity contribution in [3.8, 4) is 23.1 Å². The molecule has 2 N–H and O–H groups in total. The van der Waals surface area contributed by atoms with Gasteiger partial charge in [-0.1, -0.05) is 35.3 Å². The molecule has 0 aliphatic rings. The number of hydrogen-bond donors (Lipinski definition) is 2. The summed E-state index contributed by atoms with van der Waals surface area (Å²) in [5.41, 5.74) is 0.427. The quantitative estimate of drug-likeness (QED) is 0.525. The number of anilines is 1. The van der Waals surface area contributed by atoms with Crippen LogP contribution >= 0.6 is 23.2 Å². The molecule has 1 heterocycles. The SMILES string of the molecule is COc1cccc(OC)c1C(=O)NC(=O)Nc1ccc(Oc2c(Cl)cccc2Cl)nc1. The number of halogens is 2. The van der Waals surface area contributed by atoms with E-state index in [1.807, 2.05) is 0 Å². The van der Waals surface area contributed by atoms with Crippen molar-refractivity contribution < 1.29 is 23.8 Å². The smallest absolute Gasteiger partial charge is 0.326 e. The number of benzene rings is 2. The highest BCUT2D eigenvalue weighted by molar-refractivity contribution is 6.37. The predicted octanol–water partition coefficient (Wildman–Crippen LogP) is 5.16. The summed E-state index contributed by atoms with van der Waals surface area (Å²) in [6, 6.07) is 12.1. The highest BCUT2D eigenvalue weighted by Crippen LogP contribution is 2.35. The average Bonchev–Trinajstić information content (AvgIpc) is 2.76. The molecule has 160 valence electrons. The van der Waals surface area contributed by atoms with Crippen LogP contribution in [-0.2, 0) is 0 Å². The Morgan fingerprint density at radius 3 is 2.06 bits per heavy atom. The molecular weight excluding hydrogens is 445 g/mol. The zero-order chi connectivity index (χ0) is 22.4. The van der Waals surface area contributed by atoms with Gasteiger partial charge in [0.25, 0.3) is 5.91 Å². The molecule has 0 atom stereocenters. The number of nitrogens with one attached hydrogen (secondary N) is 2. The zero-order valence-corrected chi connectivity index (χ0v) is 18.0. The van der Waals surface area contributed by atoms with Crippen LogP contribution in [0, 0.1) is 0 Å². The van der Waals surface area contributed by atoms with E-state index in [1.54, 1.807) is 42.5 Å². The molecule has 31 heavy (non-hydrogen) atoms. The number of carbonyl (C=O) groups excluding carboxylic acids is 2. The van der Waals surface area contributed by atoms with Crippen molar-refractivity contribution in [1.82, 2.24) is 10.3 Å². The van der Waals surface area contributed by atoms with Gasteiger partial charge in [0.05, 0.1) is 36.1 Å². The molecule has 0 saturated heterocycles. The number of nitrogens with zero attached hydrogens (tertiary/aromatic N) is 1. The minimum absolute atomic E-state index is 0.0983. The topological polar surface area (TPSA) is 98.8 Å². The second kappa shape index (κ2) is 10.0. The highest BCUT2D eigenvalue weighted by atomic mass is 35.5. The molecule has 0 aliphatic carbocycles. The molecule has 1 aromatic heterocycles. The second-order valence-electron chi connectivity index (χ2n) is 5.98. The Hall–Kier alpha value is -3.49. The molecule has 0 radical (unpaired) electrons. The zero-order valence-electron chi connectivity index (χ0n) is 16.4. The van der Waals surface area contributed by atoms with Crippen LogP contribution in [0.25, 0.3) is 0 Å². The number of hydrogen-bond acceptors (Lipinski definition) is 6. The molecule has 0 bridgehead atoms. The van der Waals surface area contributed by atoms with Crippen LogP contribution in [0.2, 0.25) is 10.0 Å². The Morgan fingerprint density at radius 1 is 0.903 bits per heavy atom. The van der Waals surface area contributed by atoms with Gasteiger partial charge in [0.1, 0.15) is 17.1 Å². The van der Waals surface area contributed by atoms with E-state index in [0.29, 0.717) is 15.7 Å². The lowest BCUT2D eigenvalue weighted by molar-refractivity contribution is 0.0961. The van der Waals surface area contributed by atoms with Crippen LogP contribution in [0.15, 0.2) is 54.7 Å². The standard InChI is InChI=1S/C21H17Cl2N3O5/c1-29-15-7-4-8-16(30-2)18(15)20(27)26-21(28)25-12-9-10-17(24-11-12)31-19-13(22)5-3-6-14(19)23/h3-11H,1-2H3,(H2,25,26,27,28). The third kappa shape index (κ3) is 5.36. The van der Waals surface area contributed by atoms with Crippen LogP contribution in [0.3, 0.4) is 0 Å². The van der Waals surface area contributed by atoms with Crippen molar-refractivity contribution in [2.45, 2.75) is 0 Å². The first-order chi connectivity index (χ1) is 14.9.